The van der Waals surface area contributed by atoms with Crippen molar-refractivity contribution >= 4 is 33.1 Å². The number of amides is 1. The zero-order chi connectivity index (χ0) is 18.6. The number of fused-ring (bicyclic) bond motifs is 1. The lowest BCUT2D eigenvalue weighted by atomic mass is 10.2. The van der Waals surface area contributed by atoms with Crippen LogP contribution in [0.15, 0.2) is 48.5 Å². The molecular formula is C21H22FN3OS. The Morgan fingerprint density at radius 2 is 1.78 bits per heavy atom. The molecule has 1 fully saturated rings. The number of carbonyl (C=O) groups excluding carboxylic acids is 1. The van der Waals surface area contributed by atoms with E-state index >= 15 is 0 Å². The number of para-hydroxylation sites is 1. The predicted molar refractivity (Wildman–Crippen MR) is 108 cm³/mol. The highest BCUT2D eigenvalue weighted by Gasteiger charge is 2.21. The van der Waals surface area contributed by atoms with Crippen molar-refractivity contribution in [2.45, 2.75) is 19.3 Å². The number of nitrogens with zero attached hydrogens (tertiary/aromatic N) is 3. The van der Waals surface area contributed by atoms with Crippen LogP contribution in [0.25, 0.3) is 10.2 Å². The first kappa shape index (κ1) is 17.9. The van der Waals surface area contributed by atoms with E-state index in [-0.39, 0.29) is 11.7 Å². The quantitative estimate of drug-likeness (QED) is 0.665. The summed E-state index contributed by atoms with van der Waals surface area (Å²) in [5.41, 5.74) is 2.06. The summed E-state index contributed by atoms with van der Waals surface area (Å²) >= 11 is 1.71. The molecule has 2 aromatic carbocycles. The first-order chi connectivity index (χ1) is 13.2. The maximum Gasteiger partial charge on any atom is 0.222 e. The molecule has 1 amide bonds. The Hall–Kier alpha value is -2.47. The Labute approximate surface area is 162 Å². The van der Waals surface area contributed by atoms with E-state index in [4.69, 9.17) is 0 Å². The van der Waals surface area contributed by atoms with Crippen LogP contribution >= 0.6 is 11.3 Å². The van der Waals surface area contributed by atoms with Gasteiger partial charge in [-0.25, -0.2) is 9.37 Å². The smallest absolute Gasteiger partial charge is 0.222 e. The van der Waals surface area contributed by atoms with Crippen molar-refractivity contribution in [2.24, 2.45) is 0 Å². The summed E-state index contributed by atoms with van der Waals surface area (Å²) in [5, 5.41) is 1.10. The summed E-state index contributed by atoms with van der Waals surface area (Å²) < 4.78 is 14.3. The van der Waals surface area contributed by atoms with E-state index in [0.717, 1.165) is 55.2 Å². The highest BCUT2D eigenvalue weighted by molar-refractivity contribution is 7.18. The molecule has 0 spiro atoms. The lowest BCUT2D eigenvalue weighted by Crippen LogP contribution is -2.48. The van der Waals surface area contributed by atoms with E-state index in [1.165, 1.54) is 16.8 Å². The number of piperazine rings is 1. The predicted octanol–water partition coefficient (Wildman–Crippen LogP) is 4.11. The van der Waals surface area contributed by atoms with Gasteiger partial charge in [0.15, 0.2) is 0 Å². The number of thiazole rings is 1. The van der Waals surface area contributed by atoms with Crippen LogP contribution in [0.4, 0.5) is 10.1 Å². The number of rotatable bonds is 5. The topological polar surface area (TPSA) is 36.4 Å². The van der Waals surface area contributed by atoms with Crippen LogP contribution in [0.5, 0.6) is 0 Å². The molecule has 140 valence electrons. The number of anilines is 1. The minimum atomic E-state index is -0.222. The van der Waals surface area contributed by atoms with Gasteiger partial charge in [-0.15, -0.1) is 11.3 Å². The molecule has 0 radical (unpaired) electrons. The van der Waals surface area contributed by atoms with E-state index in [1.807, 2.05) is 23.1 Å². The van der Waals surface area contributed by atoms with E-state index in [0.29, 0.717) is 6.42 Å². The maximum atomic E-state index is 13.0. The first-order valence-corrected chi connectivity index (χ1v) is 10.1. The summed E-state index contributed by atoms with van der Waals surface area (Å²) in [6.45, 7) is 3.01. The molecule has 4 nitrogen and oxygen atoms in total. The highest BCUT2D eigenvalue weighted by atomic mass is 32.1. The van der Waals surface area contributed by atoms with Crippen LogP contribution in [-0.2, 0) is 11.2 Å². The van der Waals surface area contributed by atoms with Crippen LogP contribution < -0.4 is 4.90 Å². The summed E-state index contributed by atoms with van der Waals surface area (Å²) in [4.78, 5) is 21.3. The zero-order valence-electron chi connectivity index (χ0n) is 15.1. The zero-order valence-corrected chi connectivity index (χ0v) is 15.9. The average Bonchev–Trinajstić information content (AvgIpc) is 3.11. The minimum absolute atomic E-state index is 0.217. The number of carbonyl (C=O) groups is 1. The van der Waals surface area contributed by atoms with E-state index in [1.54, 1.807) is 23.5 Å². The van der Waals surface area contributed by atoms with Gasteiger partial charge in [0.2, 0.25) is 5.91 Å². The summed E-state index contributed by atoms with van der Waals surface area (Å²) in [7, 11) is 0. The SMILES string of the molecule is O=C(CCCc1nc2ccccc2s1)N1CCN(c2ccc(F)cc2)CC1. The lowest BCUT2D eigenvalue weighted by Gasteiger charge is -2.36. The van der Waals surface area contributed by atoms with Crippen LogP contribution in [0.3, 0.4) is 0 Å². The summed E-state index contributed by atoms with van der Waals surface area (Å²) in [6, 6.07) is 14.7. The third-order valence-corrected chi connectivity index (χ3v) is 6.04. The molecule has 3 aromatic rings. The molecule has 0 aliphatic carbocycles. The molecule has 27 heavy (non-hydrogen) atoms. The van der Waals surface area contributed by atoms with Crippen LogP contribution in [0.1, 0.15) is 17.8 Å². The second kappa shape index (κ2) is 8.05. The molecular weight excluding hydrogens is 361 g/mol. The van der Waals surface area contributed by atoms with Crippen molar-refractivity contribution in [2.75, 3.05) is 31.1 Å². The lowest BCUT2D eigenvalue weighted by molar-refractivity contribution is -0.131. The number of hydrogen-bond acceptors (Lipinski definition) is 4. The summed E-state index contributed by atoms with van der Waals surface area (Å²) in [6.07, 6.45) is 2.24. The Balaban J connectivity index is 1.24. The van der Waals surface area contributed by atoms with Gasteiger partial charge >= 0.3 is 0 Å². The fraction of sp³-hybridized carbons (Fsp3) is 0.333. The molecule has 1 aliphatic rings. The molecule has 0 bridgehead atoms. The van der Waals surface area contributed by atoms with Gasteiger partial charge in [0.1, 0.15) is 5.82 Å². The van der Waals surface area contributed by atoms with Crippen molar-refractivity contribution in [1.82, 2.24) is 9.88 Å². The number of halogens is 1. The Morgan fingerprint density at radius 1 is 1.04 bits per heavy atom. The van der Waals surface area contributed by atoms with E-state index < -0.39 is 0 Å². The molecule has 0 N–H and O–H groups in total. The molecule has 1 aromatic heterocycles. The third-order valence-electron chi connectivity index (χ3n) is 4.94. The van der Waals surface area contributed by atoms with Gasteiger partial charge in [0.05, 0.1) is 15.2 Å². The van der Waals surface area contributed by atoms with E-state index in [2.05, 4.69) is 16.0 Å². The van der Waals surface area contributed by atoms with Crippen molar-refractivity contribution in [3.63, 3.8) is 0 Å². The van der Waals surface area contributed by atoms with Crippen LogP contribution in [0.2, 0.25) is 0 Å². The Morgan fingerprint density at radius 3 is 2.52 bits per heavy atom. The van der Waals surface area contributed by atoms with Gasteiger partial charge in [-0.1, -0.05) is 12.1 Å². The van der Waals surface area contributed by atoms with Gasteiger partial charge in [-0.2, -0.15) is 0 Å². The van der Waals surface area contributed by atoms with Gasteiger partial charge in [0, 0.05) is 38.3 Å². The number of aryl methyl sites for hydroxylation is 1. The molecule has 2 heterocycles. The fourth-order valence-corrected chi connectivity index (χ4v) is 4.45. The fourth-order valence-electron chi connectivity index (χ4n) is 3.44. The van der Waals surface area contributed by atoms with Gasteiger partial charge in [0.25, 0.3) is 0 Å². The second-order valence-corrected chi connectivity index (χ2v) is 7.89. The van der Waals surface area contributed by atoms with Crippen molar-refractivity contribution in [3.05, 3.63) is 59.4 Å². The third kappa shape index (κ3) is 4.27. The van der Waals surface area contributed by atoms with Crippen molar-refractivity contribution in [3.8, 4) is 0 Å². The van der Waals surface area contributed by atoms with Crippen molar-refractivity contribution < 1.29 is 9.18 Å². The Bertz CT molecular complexity index is 884. The van der Waals surface area contributed by atoms with Crippen LogP contribution in [0, 0.1) is 5.82 Å². The molecule has 6 heteroatoms. The minimum Gasteiger partial charge on any atom is -0.368 e. The molecule has 0 saturated carbocycles. The maximum absolute atomic E-state index is 13.0. The molecule has 0 atom stereocenters. The van der Waals surface area contributed by atoms with E-state index in [9.17, 15) is 9.18 Å². The molecule has 0 unspecified atom stereocenters. The van der Waals surface area contributed by atoms with Gasteiger partial charge in [-0.3, -0.25) is 4.79 Å². The molecule has 1 aliphatic heterocycles. The Kier molecular flexibility index (Phi) is 5.34. The normalized spacial score (nSPS) is 14.7. The first-order valence-electron chi connectivity index (χ1n) is 9.32. The highest BCUT2D eigenvalue weighted by Crippen LogP contribution is 2.23. The number of aromatic nitrogens is 1. The van der Waals surface area contributed by atoms with Gasteiger partial charge in [-0.05, 0) is 49.2 Å². The largest absolute Gasteiger partial charge is 0.368 e. The van der Waals surface area contributed by atoms with Crippen LogP contribution in [-0.4, -0.2) is 42.0 Å². The second-order valence-electron chi connectivity index (χ2n) is 6.77. The summed E-state index contributed by atoms with van der Waals surface area (Å²) in [5.74, 6) is -0.00411. The monoisotopic (exact) mass is 383 g/mol. The average molecular weight is 383 g/mol. The molecule has 1 saturated heterocycles. The van der Waals surface area contributed by atoms with Crippen molar-refractivity contribution in [1.29, 1.82) is 0 Å². The number of hydrogen-bond donors (Lipinski definition) is 0. The number of benzene rings is 2. The standard InChI is InChI=1S/C21H22FN3OS/c22-16-8-10-17(11-9-16)24-12-14-25(15-13-24)21(26)7-3-6-20-23-18-4-1-2-5-19(18)27-20/h1-2,4-5,8-11H,3,6-7,12-15H2. The van der Waals surface area contributed by atoms with Gasteiger partial charge < -0.3 is 9.80 Å². The molecule has 4 rings (SSSR count).